The fraction of sp³-hybridized carbons (Fsp3) is 0.750. The molecule has 2 atom stereocenters. The van der Waals surface area contributed by atoms with Gasteiger partial charge in [0.05, 0.1) is 0 Å². The van der Waals surface area contributed by atoms with Crippen LogP contribution in [-0.2, 0) is 0 Å². The fourth-order valence-electron chi connectivity index (χ4n) is 1.55. The molecule has 2 N–H and O–H groups in total. The normalized spacial score (nSPS) is 40.1. The van der Waals surface area contributed by atoms with E-state index >= 15 is 0 Å². The Balaban J connectivity index is 2.58. The van der Waals surface area contributed by atoms with Gasteiger partial charge < -0.3 is 5.73 Å². The minimum Gasteiger partial charge on any atom is -0.324 e. The molecule has 0 bridgehead atoms. The Kier molecular flexibility index (Phi) is 1.91. The van der Waals surface area contributed by atoms with Crippen LogP contribution >= 0.6 is 0 Å². The first-order valence-corrected chi connectivity index (χ1v) is 3.64. The molecule has 1 heteroatoms. The largest absolute Gasteiger partial charge is 0.324 e. The molecule has 1 aliphatic rings. The summed E-state index contributed by atoms with van der Waals surface area (Å²) in [6, 6.07) is 0.366. The van der Waals surface area contributed by atoms with Crippen molar-refractivity contribution in [2.24, 2.45) is 11.7 Å². The first kappa shape index (κ1) is 6.81. The highest BCUT2D eigenvalue weighted by Gasteiger charge is 2.21. The zero-order valence-electron chi connectivity index (χ0n) is 6.22. The molecule has 9 heavy (non-hydrogen) atoms. The van der Waals surface area contributed by atoms with Crippen molar-refractivity contribution >= 4 is 0 Å². The van der Waals surface area contributed by atoms with Crippen LogP contribution in [0.3, 0.4) is 0 Å². The topological polar surface area (TPSA) is 26.0 Å². The van der Waals surface area contributed by atoms with E-state index in [0.717, 1.165) is 5.92 Å². The van der Waals surface area contributed by atoms with E-state index in [2.05, 4.69) is 19.9 Å². The predicted octanol–water partition coefficient (Wildman–Crippen LogP) is 1.69. The van der Waals surface area contributed by atoms with Crippen molar-refractivity contribution in [3.63, 3.8) is 0 Å². The zero-order chi connectivity index (χ0) is 6.85. The van der Waals surface area contributed by atoms with E-state index in [-0.39, 0.29) is 0 Å². The van der Waals surface area contributed by atoms with E-state index in [1.807, 2.05) is 0 Å². The molecule has 0 unspecified atom stereocenters. The van der Waals surface area contributed by atoms with Gasteiger partial charge in [0, 0.05) is 6.04 Å². The van der Waals surface area contributed by atoms with Gasteiger partial charge in [-0.2, -0.15) is 0 Å². The molecule has 1 saturated carbocycles. The van der Waals surface area contributed by atoms with E-state index in [9.17, 15) is 0 Å². The second-order valence-electron chi connectivity index (χ2n) is 3.02. The van der Waals surface area contributed by atoms with Crippen LogP contribution in [0.15, 0.2) is 11.6 Å². The molecule has 0 aliphatic heterocycles. The second-order valence-corrected chi connectivity index (χ2v) is 3.02. The summed E-state index contributed by atoms with van der Waals surface area (Å²) in [5.41, 5.74) is 7.26. The van der Waals surface area contributed by atoms with Gasteiger partial charge in [0.15, 0.2) is 0 Å². The molecule has 0 aromatic rings. The maximum absolute atomic E-state index is 5.81. The van der Waals surface area contributed by atoms with Crippen LogP contribution in [0.5, 0.6) is 0 Å². The summed E-state index contributed by atoms with van der Waals surface area (Å²) in [4.78, 5) is 0. The van der Waals surface area contributed by atoms with Crippen LogP contribution in [0.4, 0.5) is 0 Å². The molecule has 1 rings (SSSR count). The van der Waals surface area contributed by atoms with E-state index in [1.54, 1.807) is 0 Å². The van der Waals surface area contributed by atoms with E-state index < -0.39 is 0 Å². The Morgan fingerprint density at radius 3 is 2.56 bits per heavy atom. The van der Waals surface area contributed by atoms with Crippen LogP contribution in [-0.4, -0.2) is 6.04 Å². The van der Waals surface area contributed by atoms with Crippen LogP contribution in [0.1, 0.15) is 26.7 Å². The van der Waals surface area contributed by atoms with Crippen molar-refractivity contribution < 1.29 is 0 Å². The van der Waals surface area contributed by atoms with Crippen LogP contribution in [0.2, 0.25) is 0 Å². The maximum Gasteiger partial charge on any atom is 0.0256 e. The third kappa shape index (κ3) is 1.33. The molecule has 0 spiro atoms. The molecule has 0 aromatic carbocycles. The molecule has 0 saturated heterocycles. The number of nitrogens with two attached hydrogens (primary N) is 1. The van der Waals surface area contributed by atoms with Crippen LogP contribution < -0.4 is 5.73 Å². The van der Waals surface area contributed by atoms with Crippen molar-refractivity contribution in [1.29, 1.82) is 0 Å². The monoisotopic (exact) mass is 125 g/mol. The lowest BCUT2D eigenvalue weighted by molar-refractivity contribution is 0.594. The molecule has 0 heterocycles. The van der Waals surface area contributed by atoms with Gasteiger partial charge in [0.25, 0.3) is 0 Å². The smallest absolute Gasteiger partial charge is 0.0256 e. The van der Waals surface area contributed by atoms with Gasteiger partial charge in [0.2, 0.25) is 0 Å². The first-order valence-electron chi connectivity index (χ1n) is 3.64. The molecule has 1 nitrogen and oxygen atoms in total. The fourth-order valence-corrected chi connectivity index (χ4v) is 1.55. The third-order valence-corrected chi connectivity index (χ3v) is 2.09. The summed E-state index contributed by atoms with van der Waals surface area (Å²) < 4.78 is 0. The van der Waals surface area contributed by atoms with E-state index in [4.69, 9.17) is 5.73 Å². The number of allylic oxidation sites excluding steroid dienone is 1. The number of rotatable bonds is 0. The van der Waals surface area contributed by atoms with Gasteiger partial charge in [0.1, 0.15) is 0 Å². The Hall–Kier alpha value is -0.300. The minimum atomic E-state index is 0.366. The van der Waals surface area contributed by atoms with Gasteiger partial charge in [-0.25, -0.2) is 0 Å². The molecule has 52 valence electrons. The Labute approximate surface area is 56.9 Å². The highest BCUT2D eigenvalue weighted by molar-refractivity contribution is 5.14. The van der Waals surface area contributed by atoms with Crippen LogP contribution in [0, 0.1) is 5.92 Å². The summed E-state index contributed by atoms with van der Waals surface area (Å²) in [7, 11) is 0. The van der Waals surface area contributed by atoms with Gasteiger partial charge in [-0.3, -0.25) is 0 Å². The van der Waals surface area contributed by atoms with Crippen molar-refractivity contribution in [3.8, 4) is 0 Å². The highest BCUT2D eigenvalue weighted by atomic mass is 14.7. The summed E-state index contributed by atoms with van der Waals surface area (Å²) in [5, 5.41) is 0. The molecule has 0 radical (unpaired) electrons. The van der Waals surface area contributed by atoms with E-state index in [1.165, 1.54) is 18.4 Å². The summed E-state index contributed by atoms with van der Waals surface area (Å²) >= 11 is 0. The van der Waals surface area contributed by atoms with Gasteiger partial charge in [-0.05, 0) is 25.7 Å². The molecular weight excluding hydrogens is 110 g/mol. The lowest BCUT2D eigenvalue weighted by atomic mass is 10.1. The molecule has 0 amide bonds. The minimum absolute atomic E-state index is 0.366. The number of hydrogen-bond acceptors (Lipinski definition) is 1. The van der Waals surface area contributed by atoms with Crippen molar-refractivity contribution in [2.45, 2.75) is 32.7 Å². The molecular formula is C8H15N. The first-order chi connectivity index (χ1) is 4.24. The summed E-state index contributed by atoms with van der Waals surface area (Å²) in [6.07, 6.45) is 4.56. The SMILES string of the molecule is C/C=C1/C[C@H](C)C[C@@H]1N. The van der Waals surface area contributed by atoms with Crippen molar-refractivity contribution in [3.05, 3.63) is 11.6 Å². The summed E-state index contributed by atoms with van der Waals surface area (Å²) in [5.74, 6) is 0.811. The van der Waals surface area contributed by atoms with E-state index in [0.29, 0.717) is 6.04 Å². The van der Waals surface area contributed by atoms with Gasteiger partial charge >= 0.3 is 0 Å². The lowest BCUT2D eigenvalue weighted by Crippen LogP contribution is -2.16. The molecule has 1 aliphatic carbocycles. The average molecular weight is 125 g/mol. The molecule has 0 aromatic heterocycles. The van der Waals surface area contributed by atoms with Crippen molar-refractivity contribution in [1.82, 2.24) is 0 Å². The third-order valence-electron chi connectivity index (χ3n) is 2.09. The Morgan fingerprint density at radius 1 is 1.67 bits per heavy atom. The second kappa shape index (κ2) is 2.53. The Bertz CT molecular complexity index is 127. The quantitative estimate of drug-likeness (QED) is 0.490. The van der Waals surface area contributed by atoms with Crippen LogP contribution in [0.25, 0.3) is 0 Å². The average Bonchev–Trinajstić information content (AvgIpc) is 2.10. The van der Waals surface area contributed by atoms with Gasteiger partial charge in [-0.15, -0.1) is 0 Å². The summed E-state index contributed by atoms with van der Waals surface area (Å²) in [6.45, 7) is 4.34. The zero-order valence-corrected chi connectivity index (χ0v) is 6.22. The highest BCUT2D eigenvalue weighted by Crippen LogP contribution is 2.28. The Morgan fingerprint density at radius 2 is 2.33 bits per heavy atom. The standard InChI is InChI=1S/C8H15N/c1-3-7-4-6(2)5-8(7)9/h3,6,8H,4-5,9H2,1-2H3/b7-3-/t6-,8-/m0/s1. The van der Waals surface area contributed by atoms with Gasteiger partial charge in [-0.1, -0.05) is 18.6 Å². The van der Waals surface area contributed by atoms with Crippen molar-refractivity contribution in [2.75, 3.05) is 0 Å². The lowest BCUT2D eigenvalue weighted by Gasteiger charge is -2.00. The maximum atomic E-state index is 5.81. The molecule has 1 fully saturated rings. The predicted molar refractivity (Wildman–Crippen MR) is 40.1 cm³/mol. The number of hydrogen-bond donors (Lipinski definition) is 1.